The molecule has 1 aliphatic heterocycles. The van der Waals surface area contributed by atoms with Crippen LogP contribution in [0, 0.1) is 5.82 Å². The molecule has 0 spiro atoms. The number of anilines is 2. The van der Waals surface area contributed by atoms with Gasteiger partial charge >= 0.3 is 0 Å². The van der Waals surface area contributed by atoms with E-state index in [4.69, 9.17) is 16.3 Å². The first-order valence-corrected chi connectivity index (χ1v) is 8.79. The third-order valence-corrected chi connectivity index (χ3v) is 4.62. The van der Waals surface area contributed by atoms with Crippen molar-refractivity contribution in [1.82, 2.24) is 4.90 Å². The molecule has 3 rings (SSSR count). The van der Waals surface area contributed by atoms with E-state index in [-0.39, 0.29) is 18.1 Å². The Kier molecular flexibility index (Phi) is 5.96. The van der Waals surface area contributed by atoms with Crippen molar-refractivity contribution in [2.75, 3.05) is 50.1 Å². The number of hydrogen-bond donors (Lipinski definition) is 1. The highest BCUT2D eigenvalue weighted by Crippen LogP contribution is 2.21. The third kappa shape index (κ3) is 4.65. The van der Waals surface area contributed by atoms with Gasteiger partial charge in [-0.25, -0.2) is 4.39 Å². The van der Waals surface area contributed by atoms with Crippen LogP contribution in [0.4, 0.5) is 15.8 Å². The van der Waals surface area contributed by atoms with Gasteiger partial charge in [0.15, 0.2) is 0 Å². The monoisotopic (exact) mass is 377 g/mol. The van der Waals surface area contributed by atoms with E-state index < -0.39 is 5.82 Å². The Morgan fingerprint density at radius 1 is 1.15 bits per heavy atom. The maximum absolute atomic E-state index is 13.8. The lowest BCUT2D eigenvalue weighted by Crippen LogP contribution is -2.48. The van der Waals surface area contributed by atoms with E-state index in [2.05, 4.69) is 15.1 Å². The van der Waals surface area contributed by atoms with Gasteiger partial charge in [-0.05, 0) is 42.5 Å². The van der Waals surface area contributed by atoms with Gasteiger partial charge in [0, 0.05) is 36.9 Å². The Morgan fingerprint density at radius 2 is 1.85 bits per heavy atom. The quantitative estimate of drug-likeness (QED) is 0.868. The van der Waals surface area contributed by atoms with Crippen molar-refractivity contribution in [2.45, 2.75) is 0 Å². The molecule has 5 nitrogen and oxygen atoms in total. The molecule has 0 radical (unpaired) electrons. The van der Waals surface area contributed by atoms with Crippen molar-refractivity contribution < 1.29 is 13.9 Å². The molecule has 1 heterocycles. The molecular weight excluding hydrogens is 357 g/mol. The molecule has 7 heteroatoms. The zero-order valence-corrected chi connectivity index (χ0v) is 15.3. The Labute approximate surface area is 157 Å². The molecule has 26 heavy (non-hydrogen) atoms. The third-order valence-electron chi connectivity index (χ3n) is 4.38. The van der Waals surface area contributed by atoms with Crippen LogP contribution < -0.4 is 15.0 Å². The predicted octanol–water partition coefficient (Wildman–Crippen LogP) is 3.25. The number of nitrogens with zero attached hydrogens (tertiary/aromatic N) is 2. The number of amides is 1. The van der Waals surface area contributed by atoms with Crippen molar-refractivity contribution in [3.63, 3.8) is 0 Å². The summed E-state index contributed by atoms with van der Waals surface area (Å²) in [6, 6.07) is 12.1. The van der Waals surface area contributed by atoms with Gasteiger partial charge in [-0.3, -0.25) is 9.69 Å². The number of benzene rings is 2. The van der Waals surface area contributed by atoms with Gasteiger partial charge in [0.1, 0.15) is 11.6 Å². The van der Waals surface area contributed by atoms with E-state index in [1.807, 2.05) is 24.3 Å². The fraction of sp³-hybridized carbons (Fsp3) is 0.316. The number of methoxy groups -OCH3 is 1. The average molecular weight is 378 g/mol. The van der Waals surface area contributed by atoms with Gasteiger partial charge in [-0.2, -0.15) is 0 Å². The van der Waals surface area contributed by atoms with Crippen LogP contribution in [0.1, 0.15) is 0 Å². The summed E-state index contributed by atoms with van der Waals surface area (Å²) in [5.74, 6) is 0.0674. The Balaban J connectivity index is 1.49. The van der Waals surface area contributed by atoms with E-state index in [9.17, 15) is 9.18 Å². The second kappa shape index (κ2) is 8.38. The standard InChI is InChI=1S/C19H21ClFN3O2/c1-26-16-5-3-15(4-6-16)24-10-8-23(9-11-24)13-19(25)22-18-7-2-14(20)12-17(18)21/h2-7,12H,8-11,13H2,1H3,(H,22,25). The smallest absolute Gasteiger partial charge is 0.238 e. The van der Waals surface area contributed by atoms with Crippen LogP contribution in [0.15, 0.2) is 42.5 Å². The highest BCUT2D eigenvalue weighted by molar-refractivity contribution is 6.30. The van der Waals surface area contributed by atoms with Crippen molar-refractivity contribution in [2.24, 2.45) is 0 Å². The maximum atomic E-state index is 13.8. The summed E-state index contributed by atoms with van der Waals surface area (Å²) in [6.45, 7) is 3.42. The van der Waals surface area contributed by atoms with Gasteiger partial charge in [-0.1, -0.05) is 11.6 Å². The fourth-order valence-corrected chi connectivity index (χ4v) is 3.10. The first kappa shape index (κ1) is 18.5. The summed E-state index contributed by atoms with van der Waals surface area (Å²) in [4.78, 5) is 16.5. The number of carbonyl (C=O) groups is 1. The van der Waals surface area contributed by atoms with E-state index in [1.165, 1.54) is 12.1 Å². The number of nitrogens with one attached hydrogen (secondary N) is 1. The first-order chi connectivity index (χ1) is 12.5. The minimum atomic E-state index is -0.532. The molecule has 0 aromatic heterocycles. The summed E-state index contributed by atoms with van der Waals surface area (Å²) >= 11 is 5.72. The SMILES string of the molecule is COc1ccc(N2CCN(CC(=O)Nc3ccc(Cl)cc3F)CC2)cc1. The fourth-order valence-electron chi connectivity index (χ4n) is 2.94. The molecule has 2 aromatic rings. The molecule has 1 saturated heterocycles. The molecule has 2 aromatic carbocycles. The molecule has 0 atom stereocenters. The summed E-state index contributed by atoms with van der Waals surface area (Å²) in [6.07, 6.45) is 0. The van der Waals surface area contributed by atoms with E-state index in [1.54, 1.807) is 13.2 Å². The van der Waals surface area contributed by atoms with Gasteiger partial charge in [-0.15, -0.1) is 0 Å². The highest BCUT2D eigenvalue weighted by Gasteiger charge is 2.19. The lowest BCUT2D eigenvalue weighted by Gasteiger charge is -2.35. The lowest BCUT2D eigenvalue weighted by molar-refractivity contribution is -0.117. The molecule has 1 fully saturated rings. The molecule has 1 N–H and O–H groups in total. The van der Waals surface area contributed by atoms with Gasteiger partial charge < -0.3 is 15.0 Å². The molecule has 0 saturated carbocycles. The van der Waals surface area contributed by atoms with Crippen LogP contribution in [0.2, 0.25) is 5.02 Å². The summed E-state index contributed by atoms with van der Waals surface area (Å²) in [7, 11) is 1.65. The second-order valence-corrected chi connectivity index (χ2v) is 6.57. The summed E-state index contributed by atoms with van der Waals surface area (Å²) in [5, 5.41) is 2.90. The van der Waals surface area contributed by atoms with E-state index in [0.29, 0.717) is 5.02 Å². The van der Waals surface area contributed by atoms with Crippen LogP contribution >= 0.6 is 11.6 Å². The second-order valence-electron chi connectivity index (χ2n) is 6.13. The first-order valence-electron chi connectivity index (χ1n) is 8.41. The molecule has 1 aliphatic rings. The normalized spacial score (nSPS) is 15.0. The highest BCUT2D eigenvalue weighted by atomic mass is 35.5. The summed E-state index contributed by atoms with van der Waals surface area (Å²) < 4.78 is 18.9. The number of hydrogen-bond acceptors (Lipinski definition) is 4. The van der Waals surface area contributed by atoms with Crippen molar-refractivity contribution in [1.29, 1.82) is 0 Å². The van der Waals surface area contributed by atoms with Crippen LogP contribution in [0.3, 0.4) is 0 Å². The minimum Gasteiger partial charge on any atom is -0.497 e. The number of rotatable bonds is 5. The molecule has 0 bridgehead atoms. The van der Waals surface area contributed by atoms with Crippen molar-refractivity contribution >= 4 is 28.9 Å². The Bertz CT molecular complexity index is 762. The van der Waals surface area contributed by atoms with Crippen LogP contribution in [-0.2, 0) is 4.79 Å². The minimum absolute atomic E-state index is 0.149. The average Bonchev–Trinajstić information content (AvgIpc) is 2.65. The molecule has 0 aliphatic carbocycles. The zero-order valence-electron chi connectivity index (χ0n) is 14.5. The number of carbonyl (C=O) groups excluding carboxylic acids is 1. The zero-order chi connectivity index (χ0) is 18.5. The largest absolute Gasteiger partial charge is 0.497 e. The van der Waals surface area contributed by atoms with Crippen molar-refractivity contribution in [3.8, 4) is 5.75 Å². The van der Waals surface area contributed by atoms with Gasteiger partial charge in [0.2, 0.25) is 5.91 Å². The van der Waals surface area contributed by atoms with Crippen LogP contribution in [-0.4, -0.2) is 50.6 Å². The topological polar surface area (TPSA) is 44.8 Å². The predicted molar refractivity (Wildman–Crippen MR) is 102 cm³/mol. The summed E-state index contributed by atoms with van der Waals surface area (Å²) in [5.41, 5.74) is 1.29. The van der Waals surface area contributed by atoms with Crippen molar-refractivity contribution in [3.05, 3.63) is 53.3 Å². The Hall–Kier alpha value is -2.31. The van der Waals surface area contributed by atoms with E-state index in [0.717, 1.165) is 37.6 Å². The van der Waals surface area contributed by atoms with Crippen LogP contribution in [0.5, 0.6) is 5.75 Å². The molecular formula is C19H21ClFN3O2. The number of piperazine rings is 1. The van der Waals surface area contributed by atoms with E-state index >= 15 is 0 Å². The van der Waals surface area contributed by atoms with Gasteiger partial charge in [0.25, 0.3) is 0 Å². The van der Waals surface area contributed by atoms with Gasteiger partial charge in [0.05, 0.1) is 19.3 Å². The molecule has 1 amide bonds. The van der Waals surface area contributed by atoms with Crippen LogP contribution in [0.25, 0.3) is 0 Å². The maximum Gasteiger partial charge on any atom is 0.238 e. The lowest BCUT2D eigenvalue weighted by atomic mass is 10.2. The molecule has 138 valence electrons. The Morgan fingerprint density at radius 3 is 2.46 bits per heavy atom. The number of ether oxygens (including phenoxy) is 1. The number of halogens is 2. The molecule has 0 unspecified atom stereocenters.